The van der Waals surface area contributed by atoms with Crippen LogP contribution in [0.15, 0.2) is 48.1 Å². The summed E-state index contributed by atoms with van der Waals surface area (Å²) in [5.74, 6) is 0.972. The zero-order chi connectivity index (χ0) is 21.0. The maximum Gasteiger partial charge on any atom is 0.237 e. The van der Waals surface area contributed by atoms with Crippen LogP contribution in [0.2, 0.25) is 0 Å². The average Bonchev–Trinajstić information content (AvgIpc) is 3.23. The lowest BCUT2D eigenvalue weighted by Gasteiger charge is -2.26. The third-order valence-corrected chi connectivity index (χ3v) is 7.52. The molecule has 1 aliphatic heterocycles. The van der Waals surface area contributed by atoms with Crippen LogP contribution in [0.5, 0.6) is 0 Å². The zero-order valence-corrected chi connectivity index (χ0v) is 18.3. The Morgan fingerprint density at radius 1 is 1.34 bits per heavy atom. The summed E-state index contributed by atoms with van der Waals surface area (Å²) in [4.78, 5) is 14.7. The van der Waals surface area contributed by atoms with E-state index in [4.69, 9.17) is 0 Å². The summed E-state index contributed by atoms with van der Waals surface area (Å²) in [5.41, 5.74) is 0.859. The molecule has 0 aliphatic carbocycles. The molecule has 1 atom stereocenters. The van der Waals surface area contributed by atoms with Crippen LogP contribution in [-0.4, -0.2) is 52.4 Å². The smallest absolute Gasteiger partial charge is 0.237 e. The molecule has 2 heterocycles. The van der Waals surface area contributed by atoms with E-state index in [1.165, 1.54) is 11.8 Å². The molecule has 156 valence electrons. The Kier molecular flexibility index (Phi) is 6.79. The second-order valence-corrected chi connectivity index (χ2v) is 10.5. The molecule has 9 heteroatoms. The molecular formula is C20H26N4O3S2. The van der Waals surface area contributed by atoms with Crippen molar-refractivity contribution in [3.63, 3.8) is 0 Å². The van der Waals surface area contributed by atoms with Crippen LogP contribution >= 0.6 is 11.8 Å². The Bertz CT molecular complexity index is 971. The molecule has 1 amide bonds. The molecule has 1 unspecified atom stereocenters. The molecule has 1 aliphatic rings. The third kappa shape index (κ3) is 5.08. The van der Waals surface area contributed by atoms with Crippen molar-refractivity contribution in [1.82, 2.24) is 14.8 Å². The Balaban J connectivity index is 1.76. The Hall–Kier alpha value is -2.13. The second-order valence-electron chi connectivity index (χ2n) is 7.32. The number of sulfone groups is 1. The summed E-state index contributed by atoms with van der Waals surface area (Å²) < 4.78 is 25.6. The summed E-state index contributed by atoms with van der Waals surface area (Å²) in [7, 11) is -3.02. The van der Waals surface area contributed by atoms with E-state index in [1.54, 1.807) is 11.0 Å². The number of amides is 1. The van der Waals surface area contributed by atoms with E-state index in [0.29, 0.717) is 23.9 Å². The maximum atomic E-state index is 12.9. The molecular weight excluding hydrogens is 408 g/mol. The van der Waals surface area contributed by atoms with Gasteiger partial charge in [-0.3, -0.25) is 4.79 Å². The van der Waals surface area contributed by atoms with Gasteiger partial charge in [-0.1, -0.05) is 36.0 Å². The lowest BCUT2D eigenvalue weighted by Crippen LogP contribution is -2.38. The lowest BCUT2D eigenvalue weighted by atomic mass is 10.1. The van der Waals surface area contributed by atoms with Gasteiger partial charge in [0.15, 0.2) is 15.0 Å². The number of allylic oxidation sites excluding steroid dienone is 1. The van der Waals surface area contributed by atoms with Gasteiger partial charge >= 0.3 is 0 Å². The number of thioether (sulfide) groups is 1. The van der Waals surface area contributed by atoms with E-state index in [1.807, 2.05) is 48.7 Å². The van der Waals surface area contributed by atoms with Crippen molar-refractivity contribution in [2.75, 3.05) is 22.2 Å². The summed E-state index contributed by atoms with van der Waals surface area (Å²) in [6, 6.07) is 9.60. The fourth-order valence-electron chi connectivity index (χ4n) is 3.52. The molecule has 1 aromatic heterocycles. The minimum atomic E-state index is -3.02. The van der Waals surface area contributed by atoms with Gasteiger partial charge in [0.2, 0.25) is 5.91 Å². The van der Waals surface area contributed by atoms with Crippen molar-refractivity contribution in [3.8, 4) is 0 Å². The number of benzene rings is 1. The van der Waals surface area contributed by atoms with Gasteiger partial charge in [-0.25, -0.2) is 8.42 Å². The highest BCUT2D eigenvalue weighted by Gasteiger charge is 2.33. The molecule has 1 fully saturated rings. The molecule has 0 spiro atoms. The van der Waals surface area contributed by atoms with Gasteiger partial charge in [-0.05, 0) is 32.4 Å². The van der Waals surface area contributed by atoms with Gasteiger partial charge in [-0.2, -0.15) is 0 Å². The first kappa shape index (κ1) is 21.6. The zero-order valence-electron chi connectivity index (χ0n) is 16.7. The second kappa shape index (κ2) is 9.13. The minimum Gasteiger partial charge on any atom is -0.309 e. The van der Waals surface area contributed by atoms with E-state index in [0.717, 1.165) is 5.69 Å². The van der Waals surface area contributed by atoms with E-state index in [-0.39, 0.29) is 35.1 Å². The van der Waals surface area contributed by atoms with Crippen molar-refractivity contribution in [1.29, 1.82) is 0 Å². The quantitative estimate of drug-likeness (QED) is 0.469. The average molecular weight is 435 g/mol. The van der Waals surface area contributed by atoms with Crippen LogP contribution < -0.4 is 4.90 Å². The third-order valence-electron chi connectivity index (χ3n) is 4.80. The van der Waals surface area contributed by atoms with Crippen LogP contribution in [0.1, 0.15) is 32.0 Å². The number of rotatable bonds is 8. The van der Waals surface area contributed by atoms with E-state index in [9.17, 15) is 13.2 Å². The molecule has 0 radical (unpaired) electrons. The van der Waals surface area contributed by atoms with E-state index >= 15 is 0 Å². The summed E-state index contributed by atoms with van der Waals surface area (Å²) in [6.45, 7) is 8.22. The fraction of sp³-hybridized carbons (Fsp3) is 0.450. The number of hydrogen-bond donors (Lipinski definition) is 0. The number of hydrogen-bond acceptors (Lipinski definition) is 6. The van der Waals surface area contributed by atoms with Crippen LogP contribution in [0.4, 0.5) is 5.69 Å². The van der Waals surface area contributed by atoms with Crippen LogP contribution in [0.3, 0.4) is 0 Å². The van der Waals surface area contributed by atoms with Gasteiger partial charge in [0.25, 0.3) is 0 Å². The SMILES string of the molecule is C=CCn1c(SCC(=O)N(c2ccccc2)C(C)C)nnc1C1CCS(=O)(=O)C1. The number of nitrogens with zero attached hydrogens (tertiary/aromatic N) is 4. The van der Waals surface area contributed by atoms with E-state index in [2.05, 4.69) is 16.8 Å². The first-order valence-electron chi connectivity index (χ1n) is 9.56. The molecule has 7 nitrogen and oxygen atoms in total. The fourth-order valence-corrected chi connectivity index (χ4v) is 6.08. The first-order chi connectivity index (χ1) is 13.8. The summed E-state index contributed by atoms with van der Waals surface area (Å²) in [6.07, 6.45) is 2.28. The maximum absolute atomic E-state index is 12.9. The predicted octanol–water partition coefficient (Wildman–Crippen LogP) is 2.90. The highest BCUT2D eigenvalue weighted by molar-refractivity contribution is 7.99. The van der Waals surface area contributed by atoms with Gasteiger partial charge < -0.3 is 9.47 Å². The molecule has 0 saturated carbocycles. The Morgan fingerprint density at radius 3 is 2.66 bits per heavy atom. The molecule has 1 saturated heterocycles. The minimum absolute atomic E-state index is 0.0191. The molecule has 3 rings (SSSR count). The van der Waals surface area contributed by atoms with Crippen molar-refractivity contribution in [3.05, 3.63) is 48.8 Å². The number of carbonyl (C=O) groups excluding carboxylic acids is 1. The number of carbonyl (C=O) groups is 1. The molecule has 2 aromatic rings. The van der Waals surface area contributed by atoms with Crippen LogP contribution in [0.25, 0.3) is 0 Å². The highest BCUT2D eigenvalue weighted by Crippen LogP contribution is 2.30. The van der Waals surface area contributed by atoms with Crippen molar-refractivity contribution < 1.29 is 13.2 Å². The predicted molar refractivity (Wildman–Crippen MR) is 116 cm³/mol. The molecule has 1 aromatic carbocycles. The lowest BCUT2D eigenvalue weighted by molar-refractivity contribution is -0.116. The largest absolute Gasteiger partial charge is 0.309 e. The Morgan fingerprint density at radius 2 is 2.07 bits per heavy atom. The number of para-hydroxylation sites is 1. The van der Waals surface area contributed by atoms with Gasteiger partial charge in [0.1, 0.15) is 5.82 Å². The van der Waals surface area contributed by atoms with Crippen molar-refractivity contribution in [2.24, 2.45) is 0 Å². The first-order valence-corrected chi connectivity index (χ1v) is 12.4. The van der Waals surface area contributed by atoms with Gasteiger partial charge in [0, 0.05) is 24.2 Å². The molecule has 0 N–H and O–H groups in total. The van der Waals surface area contributed by atoms with Crippen molar-refractivity contribution in [2.45, 2.75) is 43.9 Å². The monoisotopic (exact) mass is 434 g/mol. The van der Waals surface area contributed by atoms with Gasteiger partial charge in [0.05, 0.1) is 17.3 Å². The van der Waals surface area contributed by atoms with Crippen molar-refractivity contribution >= 4 is 33.2 Å². The standard InChI is InChI=1S/C20H26N4O3S2/c1-4-11-23-19(16-10-12-29(26,27)14-16)21-22-20(23)28-13-18(25)24(15(2)3)17-8-6-5-7-9-17/h4-9,15-16H,1,10-14H2,2-3H3. The van der Waals surface area contributed by atoms with Gasteiger partial charge in [-0.15, -0.1) is 16.8 Å². The number of anilines is 1. The molecule has 29 heavy (non-hydrogen) atoms. The van der Waals surface area contributed by atoms with Crippen LogP contribution in [0, 0.1) is 0 Å². The van der Waals surface area contributed by atoms with E-state index < -0.39 is 9.84 Å². The van der Waals surface area contributed by atoms with Crippen LogP contribution in [-0.2, 0) is 21.2 Å². The topological polar surface area (TPSA) is 85.2 Å². The summed E-state index contributed by atoms with van der Waals surface area (Å²) >= 11 is 1.32. The highest BCUT2D eigenvalue weighted by atomic mass is 32.2. The molecule has 0 bridgehead atoms. The number of aromatic nitrogens is 3. The normalized spacial score (nSPS) is 18.1. The Labute approximate surface area is 176 Å². The summed E-state index contributed by atoms with van der Waals surface area (Å²) in [5, 5.41) is 9.10.